The third-order valence-corrected chi connectivity index (χ3v) is 13.5. The fourth-order valence-electron chi connectivity index (χ4n) is 12.7. The molecule has 0 amide bonds. The van der Waals surface area contributed by atoms with Crippen molar-refractivity contribution in [2.75, 3.05) is 54.7 Å². The molecule has 266 valence electrons. The monoisotopic (exact) mass is 673 g/mol. The third kappa shape index (κ3) is 4.00. The number of methoxy groups -OCH3 is 4. The molecule has 1 aromatic carbocycles. The molecule has 1 aliphatic heterocycles. The van der Waals surface area contributed by atoms with Gasteiger partial charge in [0.2, 0.25) is 0 Å². The molecule has 7 bridgehead atoms. The van der Waals surface area contributed by atoms with Gasteiger partial charge in [0.15, 0.2) is 0 Å². The van der Waals surface area contributed by atoms with E-state index in [0.29, 0.717) is 31.7 Å². The maximum Gasteiger partial charge on any atom is 0.338 e. The number of esters is 2. The lowest BCUT2D eigenvalue weighted by Gasteiger charge is -2.70. The van der Waals surface area contributed by atoms with Crippen molar-refractivity contribution in [3.63, 3.8) is 0 Å². The maximum absolute atomic E-state index is 13.8. The van der Waals surface area contributed by atoms with Crippen LogP contribution in [0.5, 0.6) is 0 Å². The van der Waals surface area contributed by atoms with Crippen LogP contribution in [0.25, 0.3) is 0 Å². The number of ether oxygens (including phenoxy) is 7. The molecular weight excluding hydrogens is 622 g/mol. The zero-order valence-electron chi connectivity index (χ0n) is 29.0. The van der Waals surface area contributed by atoms with Crippen molar-refractivity contribution in [3.8, 4) is 0 Å². The van der Waals surface area contributed by atoms with Gasteiger partial charge in [-0.15, -0.1) is 0 Å². The second-order valence-electron chi connectivity index (χ2n) is 14.8. The van der Waals surface area contributed by atoms with Crippen LogP contribution in [0.1, 0.15) is 44.0 Å². The molecule has 5 saturated carbocycles. The molecule has 12 heteroatoms. The molecule has 15 atom stereocenters. The Morgan fingerprint density at radius 1 is 0.958 bits per heavy atom. The lowest BCUT2D eigenvalue weighted by Crippen LogP contribution is -2.81. The average Bonchev–Trinajstić information content (AvgIpc) is 3.44. The van der Waals surface area contributed by atoms with E-state index >= 15 is 0 Å². The number of likely N-dealkylation sites (tertiary alicyclic amines) is 1. The predicted octanol–water partition coefficient (Wildman–Crippen LogP) is 1.69. The van der Waals surface area contributed by atoms with Gasteiger partial charge in [-0.3, -0.25) is 9.69 Å². The predicted molar refractivity (Wildman–Crippen MR) is 170 cm³/mol. The van der Waals surface area contributed by atoms with Crippen molar-refractivity contribution >= 4 is 11.9 Å². The van der Waals surface area contributed by atoms with E-state index in [9.17, 15) is 19.8 Å². The summed E-state index contributed by atoms with van der Waals surface area (Å²) in [6.45, 7) is 7.20. The fraction of sp³-hybridized carbons (Fsp3) is 0.778. The van der Waals surface area contributed by atoms with E-state index in [2.05, 4.69) is 11.8 Å². The molecule has 6 aliphatic rings. The summed E-state index contributed by atoms with van der Waals surface area (Å²) in [5.74, 6) is -2.72. The van der Waals surface area contributed by atoms with Crippen molar-refractivity contribution in [3.05, 3.63) is 35.9 Å². The van der Waals surface area contributed by atoms with Crippen LogP contribution in [0, 0.1) is 34.5 Å². The van der Waals surface area contributed by atoms with Crippen LogP contribution in [-0.4, -0.2) is 136 Å². The van der Waals surface area contributed by atoms with Crippen molar-refractivity contribution in [2.45, 2.75) is 87.5 Å². The van der Waals surface area contributed by atoms with Gasteiger partial charge in [0.1, 0.15) is 35.6 Å². The van der Waals surface area contributed by atoms with E-state index in [-0.39, 0.29) is 36.9 Å². The Morgan fingerprint density at radius 2 is 1.69 bits per heavy atom. The van der Waals surface area contributed by atoms with Gasteiger partial charge in [-0.25, -0.2) is 4.79 Å². The minimum absolute atomic E-state index is 0.170. The Morgan fingerprint density at radius 3 is 2.27 bits per heavy atom. The molecule has 5 aliphatic carbocycles. The quantitative estimate of drug-likeness (QED) is 0.330. The molecule has 6 fully saturated rings. The zero-order chi connectivity index (χ0) is 34.4. The Balaban J connectivity index is 1.51. The van der Waals surface area contributed by atoms with Crippen LogP contribution in [0.3, 0.4) is 0 Å². The first-order chi connectivity index (χ1) is 23.0. The van der Waals surface area contributed by atoms with Crippen molar-refractivity contribution in [2.24, 2.45) is 34.5 Å². The number of benzene rings is 1. The van der Waals surface area contributed by atoms with E-state index in [1.54, 1.807) is 45.6 Å². The Bertz CT molecular complexity index is 1400. The molecule has 1 saturated heterocycles. The summed E-state index contributed by atoms with van der Waals surface area (Å²) in [7, 11) is 6.51. The molecule has 48 heavy (non-hydrogen) atoms. The number of nitrogens with zero attached hydrogens (tertiary/aromatic N) is 1. The Hall–Kier alpha value is -2.16. The number of hydrogen-bond donors (Lipinski definition) is 2. The standard InChI is InChI=1S/C36H51NO11/c1-8-37-17-33(18-42-4)22(47-19(3)38)15-23(43-5)35-21-16-34(41)30(48-32(40)20-13-11-10-12-14-20)24(21)36(46-9-2,29(39)31(34)45-7)25(28(35)37)26(44-6)27(33)35/h10-14,21-31,39,41H,8-9,15-18H2,1-7H3/t21-,22+,23-,24+,25+,26+,27+,28-,29-,30-,31+,33-,34-,35-,36+/m1/s1. The number of rotatable bonds is 11. The average molecular weight is 674 g/mol. The second-order valence-corrected chi connectivity index (χ2v) is 14.8. The smallest absolute Gasteiger partial charge is 0.338 e. The van der Waals surface area contributed by atoms with E-state index in [0.717, 1.165) is 0 Å². The van der Waals surface area contributed by atoms with Gasteiger partial charge < -0.3 is 43.4 Å². The maximum atomic E-state index is 13.8. The van der Waals surface area contributed by atoms with Crippen molar-refractivity contribution in [1.29, 1.82) is 0 Å². The topological polar surface area (TPSA) is 142 Å². The van der Waals surface area contributed by atoms with Gasteiger partial charge >= 0.3 is 11.9 Å². The molecule has 2 N–H and O–H groups in total. The summed E-state index contributed by atoms with van der Waals surface area (Å²) in [6, 6.07) is 8.51. The van der Waals surface area contributed by atoms with Crippen LogP contribution in [0.2, 0.25) is 0 Å². The summed E-state index contributed by atoms with van der Waals surface area (Å²) in [5, 5.41) is 25.5. The molecule has 0 unspecified atom stereocenters. The molecule has 1 heterocycles. The number of aliphatic hydroxyl groups is 2. The van der Waals surface area contributed by atoms with Crippen molar-refractivity contribution in [1.82, 2.24) is 4.90 Å². The minimum Gasteiger partial charge on any atom is -0.462 e. The number of piperidine rings is 1. The molecule has 1 spiro atoms. The van der Waals surface area contributed by atoms with Gasteiger partial charge in [0, 0.05) is 89.6 Å². The summed E-state index contributed by atoms with van der Waals surface area (Å²) >= 11 is 0. The van der Waals surface area contributed by atoms with Gasteiger partial charge in [-0.05, 0) is 37.9 Å². The van der Waals surface area contributed by atoms with Crippen LogP contribution in [-0.2, 0) is 38.0 Å². The largest absolute Gasteiger partial charge is 0.462 e. The van der Waals surface area contributed by atoms with Gasteiger partial charge in [-0.1, -0.05) is 25.1 Å². The van der Waals surface area contributed by atoms with Gasteiger partial charge in [-0.2, -0.15) is 0 Å². The SMILES string of the molecule is CCO[C@@]12[C@@H]3[C@@H](OC(=O)c4ccccc4)[C@](O)(C[C@H]3[C@]34[C@H](OC)C[C@H](OC(C)=O)[C@]5(COC)CN(CC)[C@@H]3[C@@H]1[C@H](OC)[C@@H]54)[C@@H](OC)[C@H]2O. The van der Waals surface area contributed by atoms with E-state index < -0.39 is 76.5 Å². The zero-order valence-corrected chi connectivity index (χ0v) is 29.0. The number of carbonyl (C=O) groups excluding carboxylic acids is 2. The first-order valence-corrected chi connectivity index (χ1v) is 17.3. The summed E-state index contributed by atoms with van der Waals surface area (Å²) < 4.78 is 44.7. The third-order valence-electron chi connectivity index (χ3n) is 13.5. The number of hydrogen-bond acceptors (Lipinski definition) is 12. The summed E-state index contributed by atoms with van der Waals surface area (Å²) in [4.78, 5) is 28.9. The molecule has 0 aromatic heterocycles. The van der Waals surface area contributed by atoms with Crippen molar-refractivity contribution < 1.29 is 53.0 Å². The number of fused-ring (bicyclic) bond motifs is 2. The molecular formula is C36H51NO11. The van der Waals surface area contributed by atoms with Crippen LogP contribution in [0.4, 0.5) is 0 Å². The molecule has 12 nitrogen and oxygen atoms in total. The van der Waals surface area contributed by atoms with Crippen LogP contribution >= 0.6 is 0 Å². The highest BCUT2D eigenvalue weighted by Crippen LogP contribution is 2.80. The highest BCUT2D eigenvalue weighted by molar-refractivity contribution is 5.89. The molecule has 7 rings (SSSR count). The van der Waals surface area contributed by atoms with E-state index in [1.807, 2.05) is 13.0 Å². The molecule has 1 aromatic rings. The lowest BCUT2D eigenvalue weighted by molar-refractivity contribution is -0.330. The Labute approximate surface area is 282 Å². The first-order valence-electron chi connectivity index (χ1n) is 17.3. The Kier molecular flexibility index (Phi) is 8.55. The van der Waals surface area contributed by atoms with Crippen LogP contribution < -0.4 is 0 Å². The first kappa shape index (κ1) is 34.3. The van der Waals surface area contributed by atoms with E-state index in [4.69, 9.17) is 33.2 Å². The second kappa shape index (κ2) is 12.0. The minimum atomic E-state index is -1.74. The summed E-state index contributed by atoms with van der Waals surface area (Å²) in [5.41, 5.74) is -4.14. The van der Waals surface area contributed by atoms with E-state index in [1.165, 1.54) is 14.0 Å². The highest BCUT2D eigenvalue weighted by Gasteiger charge is 2.91. The number of aliphatic hydroxyl groups excluding tert-OH is 1. The summed E-state index contributed by atoms with van der Waals surface area (Å²) in [6.07, 6.45) is -4.37. The van der Waals surface area contributed by atoms with Gasteiger partial charge in [0.25, 0.3) is 0 Å². The number of carbonyl (C=O) groups is 2. The van der Waals surface area contributed by atoms with Gasteiger partial charge in [0.05, 0.1) is 24.4 Å². The normalized spacial score (nSPS) is 48.3. The fourth-order valence-corrected chi connectivity index (χ4v) is 12.7. The van der Waals surface area contributed by atoms with Crippen LogP contribution in [0.15, 0.2) is 30.3 Å². The lowest BCUT2D eigenvalue weighted by atomic mass is 9.42. The highest BCUT2D eigenvalue weighted by atomic mass is 16.6. The molecule has 0 radical (unpaired) electrons.